The van der Waals surface area contributed by atoms with Crippen molar-refractivity contribution in [2.75, 3.05) is 0 Å². The lowest BCUT2D eigenvalue weighted by Gasteiger charge is -2.41. The fraction of sp³-hybridized carbons (Fsp3) is 0.296. The van der Waals surface area contributed by atoms with E-state index >= 15 is 0 Å². The summed E-state index contributed by atoms with van der Waals surface area (Å²) in [5, 5.41) is 13.8. The van der Waals surface area contributed by atoms with Crippen molar-refractivity contribution in [3.05, 3.63) is 102 Å². The molecule has 1 heterocycles. The third-order valence-corrected chi connectivity index (χ3v) is 6.28. The summed E-state index contributed by atoms with van der Waals surface area (Å²) >= 11 is 0. The van der Waals surface area contributed by atoms with Crippen LogP contribution in [0.5, 0.6) is 5.75 Å². The Hall–Kier alpha value is -3.27. The van der Waals surface area contributed by atoms with Crippen molar-refractivity contribution >= 4 is 5.71 Å². The Bertz CT molecular complexity index is 1070. The number of allylic oxidation sites excluding steroid dienone is 11. The van der Waals surface area contributed by atoms with Gasteiger partial charge in [0.1, 0.15) is 5.75 Å². The summed E-state index contributed by atoms with van der Waals surface area (Å²) in [5.74, 6) is 2.39. The lowest BCUT2D eigenvalue weighted by Crippen LogP contribution is -2.36. The van der Waals surface area contributed by atoms with E-state index in [1.165, 1.54) is 5.57 Å². The maximum Gasteiger partial charge on any atom is 0.190 e. The Balaban J connectivity index is 1.59. The molecule has 5 rings (SSSR count). The van der Waals surface area contributed by atoms with Crippen LogP contribution < -0.4 is 5.32 Å². The smallest absolute Gasteiger partial charge is 0.190 e. The fourth-order valence-corrected chi connectivity index (χ4v) is 4.93. The Morgan fingerprint density at radius 3 is 2.52 bits per heavy atom. The van der Waals surface area contributed by atoms with E-state index in [0.717, 1.165) is 11.3 Å². The molecule has 0 spiro atoms. The Labute approximate surface area is 183 Å². The van der Waals surface area contributed by atoms with Crippen molar-refractivity contribution in [3.8, 4) is 5.75 Å². The summed E-state index contributed by atoms with van der Waals surface area (Å²) < 4.78 is 6.05. The second kappa shape index (κ2) is 8.10. The average molecular weight is 413 g/mol. The average Bonchev–Trinajstić information content (AvgIpc) is 2.78. The molecule has 2 N–H and O–H groups in total. The Morgan fingerprint density at radius 2 is 1.71 bits per heavy atom. The predicted molar refractivity (Wildman–Crippen MR) is 124 cm³/mol. The molecular formula is C27H28N2O2. The quantitative estimate of drug-likeness (QED) is 0.700. The number of benzene rings is 1. The predicted octanol–water partition coefficient (Wildman–Crippen LogP) is 5.36. The fourth-order valence-electron chi connectivity index (χ4n) is 4.93. The Kier molecular flexibility index (Phi) is 5.14. The van der Waals surface area contributed by atoms with Gasteiger partial charge < -0.3 is 15.2 Å². The molecule has 1 aliphatic heterocycles. The lowest BCUT2D eigenvalue weighted by molar-refractivity contribution is 0.124. The van der Waals surface area contributed by atoms with Crippen molar-refractivity contribution in [2.24, 2.45) is 28.7 Å². The maximum atomic E-state index is 10.4. The van der Waals surface area contributed by atoms with Crippen LogP contribution in [0.2, 0.25) is 0 Å². The molecule has 4 heteroatoms. The molecule has 0 saturated carbocycles. The zero-order valence-corrected chi connectivity index (χ0v) is 17.8. The van der Waals surface area contributed by atoms with Crippen molar-refractivity contribution in [1.82, 2.24) is 5.32 Å². The van der Waals surface area contributed by atoms with Crippen LogP contribution in [-0.2, 0) is 4.74 Å². The minimum atomic E-state index is -0.406. The number of phenolic OH excluding ortho intramolecular Hbond substituents is 1. The van der Waals surface area contributed by atoms with E-state index in [4.69, 9.17) is 9.73 Å². The normalized spacial score (nSPS) is 30.7. The van der Waals surface area contributed by atoms with Gasteiger partial charge in [-0.15, -0.1) is 0 Å². The van der Waals surface area contributed by atoms with Gasteiger partial charge in [-0.1, -0.05) is 72.9 Å². The first kappa shape index (κ1) is 19.7. The van der Waals surface area contributed by atoms with Crippen molar-refractivity contribution < 1.29 is 9.84 Å². The number of hydrogen-bond acceptors (Lipinski definition) is 4. The number of phenols is 1. The maximum absolute atomic E-state index is 10.4. The van der Waals surface area contributed by atoms with Crippen LogP contribution >= 0.6 is 0 Å². The molecule has 0 bridgehead atoms. The minimum Gasteiger partial charge on any atom is -0.508 e. The highest BCUT2D eigenvalue weighted by Gasteiger charge is 2.39. The van der Waals surface area contributed by atoms with Gasteiger partial charge in [-0.05, 0) is 37.3 Å². The zero-order valence-electron chi connectivity index (χ0n) is 17.8. The largest absolute Gasteiger partial charge is 0.508 e. The van der Waals surface area contributed by atoms with Gasteiger partial charge in [0.05, 0.1) is 11.8 Å². The van der Waals surface area contributed by atoms with E-state index in [9.17, 15) is 5.11 Å². The second-order valence-corrected chi connectivity index (χ2v) is 8.71. The van der Waals surface area contributed by atoms with E-state index in [0.29, 0.717) is 23.6 Å². The van der Waals surface area contributed by atoms with Gasteiger partial charge in [-0.25, -0.2) is 0 Å². The van der Waals surface area contributed by atoms with Crippen LogP contribution in [0.1, 0.15) is 25.6 Å². The van der Waals surface area contributed by atoms with Gasteiger partial charge >= 0.3 is 0 Å². The molecule has 0 fully saturated rings. The van der Waals surface area contributed by atoms with Gasteiger partial charge in [-0.2, -0.15) is 0 Å². The standard InChI is InChI=1S/C27H28N2O2/c1-17(2)31-26-16-24(28-27(29-26)22-13-7-8-14-25(22)30)23-15-18-9-3-4-10-19(18)20-11-5-6-12-21(20)23/h3-21,27,29-30H,1-2H3. The molecule has 4 aliphatic rings. The van der Waals surface area contributed by atoms with Gasteiger partial charge in [-0.3, -0.25) is 4.99 Å². The van der Waals surface area contributed by atoms with E-state index in [1.54, 1.807) is 6.07 Å². The van der Waals surface area contributed by atoms with Crippen LogP contribution in [0, 0.1) is 23.7 Å². The first-order valence-corrected chi connectivity index (χ1v) is 11.0. The third-order valence-electron chi connectivity index (χ3n) is 6.28. The minimum absolute atomic E-state index is 0.0320. The number of nitrogens with one attached hydrogen (secondary N) is 1. The van der Waals surface area contributed by atoms with Gasteiger partial charge in [0.15, 0.2) is 12.0 Å². The summed E-state index contributed by atoms with van der Waals surface area (Å²) in [6.45, 7) is 4.02. The van der Waals surface area contributed by atoms with Crippen molar-refractivity contribution in [2.45, 2.75) is 26.1 Å². The SMILES string of the molecule is CC(C)OC1=CC(C2=CC3C=CC=CC3C3C=CC=CC23)=NC(c2ccccc2O)N1. The van der Waals surface area contributed by atoms with Crippen LogP contribution in [-0.4, -0.2) is 16.9 Å². The highest BCUT2D eigenvalue weighted by atomic mass is 16.5. The molecule has 5 atom stereocenters. The molecular weight excluding hydrogens is 384 g/mol. The molecule has 158 valence electrons. The molecule has 0 radical (unpaired) electrons. The summed E-state index contributed by atoms with van der Waals surface area (Å²) in [7, 11) is 0. The number of hydrogen-bond donors (Lipinski definition) is 2. The topological polar surface area (TPSA) is 53.9 Å². The molecule has 1 aromatic carbocycles. The van der Waals surface area contributed by atoms with Crippen LogP contribution in [0.15, 0.2) is 101 Å². The number of nitrogens with zero attached hydrogens (tertiary/aromatic N) is 1. The van der Waals surface area contributed by atoms with E-state index in [2.05, 4.69) is 60.0 Å². The van der Waals surface area contributed by atoms with Gasteiger partial charge in [0.25, 0.3) is 0 Å². The molecule has 0 aromatic heterocycles. The van der Waals surface area contributed by atoms with Crippen LogP contribution in [0.3, 0.4) is 0 Å². The summed E-state index contributed by atoms with van der Waals surface area (Å²) in [6, 6.07) is 7.34. The summed E-state index contributed by atoms with van der Waals surface area (Å²) in [5.41, 5.74) is 2.88. The number of fused-ring (bicyclic) bond motifs is 3. The zero-order chi connectivity index (χ0) is 21.4. The molecule has 31 heavy (non-hydrogen) atoms. The molecule has 5 unspecified atom stereocenters. The second-order valence-electron chi connectivity index (χ2n) is 8.71. The van der Waals surface area contributed by atoms with Gasteiger partial charge in [0.2, 0.25) is 0 Å². The van der Waals surface area contributed by atoms with E-state index < -0.39 is 6.17 Å². The number of ether oxygens (including phenoxy) is 1. The van der Waals surface area contributed by atoms with Gasteiger partial charge in [0, 0.05) is 23.5 Å². The lowest BCUT2D eigenvalue weighted by atomic mass is 9.64. The number of rotatable bonds is 4. The molecule has 4 nitrogen and oxygen atoms in total. The third kappa shape index (κ3) is 3.78. The van der Waals surface area contributed by atoms with E-state index in [1.807, 2.05) is 38.1 Å². The highest BCUT2D eigenvalue weighted by Crippen LogP contribution is 2.45. The van der Waals surface area contributed by atoms with Crippen molar-refractivity contribution in [1.29, 1.82) is 0 Å². The number of para-hydroxylation sites is 1. The highest BCUT2D eigenvalue weighted by molar-refractivity contribution is 6.10. The van der Waals surface area contributed by atoms with E-state index in [-0.39, 0.29) is 17.8 Å². The first-order valence-electron chi connectivity index (χ1n) is 11.0. The molecule has 0 amide bonds. The summed E-state index contributed by atoms with van der Waals surface area (Å²) in [4.78, 5) is 5.04. The molecule has 3 aliphatic carbocycles. The van der Waals surface area contributed by atoms with Crippen LogP contribution in [0.25, 0.3) is 0 Å². The summed E-state index contributed by atoms with van der Waals surface area (Å²) in [6.07, 6.45) is 21.8. The molecule has 0 saturated heterocycles. The first-order chi connectivity index (χ1) is 15.1. The van der Waals surface area contributed by atoms with Crippen LogP contribution in [0.4, 0.5) is 0 Å². The number of aromatic hydroxyl groups is 1. The van der Waals surface area contributed by atoms with Crippen molar-refractivity contribution in [3.63, 3.8) is 0 Å². The number of aliphatic imine (C=N–C) groups is 1. The Morgan fingerprint density at radius 1 is 0.968 bits per heavy atom. The monoisotopic (exact) mass is 412 g/mol. The molecule has 1 aromatic rings.